The highest BCUT2D eigenvalue weighted by molar-refractivity contribution is 9.12. The Morgan fingerprint density at radius 2 is 2.00 bits per heavy atom. The fourth-order valence-corrected chi connectivity index (χ4v) is 3.87. The summed E-state index contributed by atoms with van der Waals surface area (Å²) >= 11 is 3.11. The molecule has 0 saturated heterocycles. The first kappa shape index (κ1) is 10.5. The van der Waals surface area contributed by atoms with Crippen LogP contribution in [0.2, 0.25) is 0 Å². The number of rotatable bonds is 0. The summed E-state index contributed by atoms with van der Waals surface area (Å²) in [6.45, 7) is 6.74. The van der Waals surface area contributed by atoms with Crippen molar-refractivity contribution in [3.8, 4) is 10.8 Å². The molecule has 2 rings (SSSR count). The SMILES string of the molecule is CC1(C)[C@H]2CC[C@]1(C)C(O)(C#CBr)C2. The zero-order chi connectivity index (χ0) is 10.6. The fourth-order valence-electron chi connectivity index (χ4n) is 3.54. The normalized spacial score (nSPS) is 48.8. The molecular formula is C12H17BrO. The second-order valence-corrected chi connectivity index (χ2v) is 5.97. The van der Waals surface area contributed by atoms with Gasteiger partial charge in [0.25, 0.3) is 0 Å². The Morgan fingerprint density at radius 1 is 1.36 bits per heavy atom. The number of halogens is 1. The van der Waals surface area contributed by atoms with E-state index in [0.717, 1.165) is 12.8 Å². The molecule has 2 heteroatoms. The smallest absolute Gasteiger partial charge is 0.132 e. The van der Waals surface area contributed by atoms with Crippen LogP contribution >= 0.6 is 15.9 Å². The van der Waals surface area contributed by atoms with Crippen LogP contribution in [0.5, 0.6) is 0 Å². The fraction of sp³-hybridized carbons (Fsp3) is 0.833. The van der Waals surface area contributed by atoms with Gasteiger partial charge in [-0.05, 0) is 35.4 Å². The second kappa shape index (κ2) is 2.77. The van der Waals surface area contributed by atoms with Crippen LogP contribution in [0.3, 0.4) is 0 Å². The van der Waals surface area contributed by atoms with Gasteiger partial charge < -0.3 is 5.11 Å². The van der Waals surface area contributed by atoms with Gasteiger partial charge in [0.1, 0.15) is 5.60 Å². The Hall–Kier alpha value is 0. The van der Waals surface area contributed by atoms with Gasteiger partial charge in [0, 0.05) is 21.3 Å². The highest BCUT2D eigenvalue weighted by Crippen LogP contribution is 2.69. The summed E-state index contributed by atoms with van der Waals surface area (Å²) in [6.07, 6.45) is 3.19. The maximum atomic E-state index is 10.6. The highest BCUT2D eigenvalue weighted by atomic mass is 79.9. The monoisotopic (exact) mass is 256 g/mol. The number of fused-ring (bicyclic) bond motifs is 2. The van der Waals surface area contributed by atoms with E-state index in [9.17, 15) is 5.11 Å². The van der Waals surface area contributed by atoms with Crippen LogP contribution in [0, 0.1) is 27.5 Å². The van der Waals surface area contributed by atoms with E-state index >= 15 is 0 Å². The predicted octanol–water partition coefficient (Wildman–Crippen LogP) is 2.92. The lowest BCUT2D eigenvalue weighted by atomic mass is 9.65. The van der Waals surface area contributed by atoms with Gasteiger partial charge in [-0.2, -0.15) is 0 Å². The number of aliphatic hydroxyl groups is 1. The van der Waals surface area contributed by atoms with E-state index in [0.29, 0.717) is 5.92 Å². The van der Waals surface area contributed by atoms with E-state index in [4.69, 9.17) is 0 Å². The summed E-state index contributed by atoms with van der Waals surface area (Å²) < 4.78 is 0. The van der Waals surface area contributed by atoms with Gasteiger partial charge in [-0.15, -0.1) is 0 Å². The van der Waals surface area contributed by atoms with E-state index in [1.54, 1.807) is 0 Å². The van der Waals surface area contributed by atoms with Crippen molar-refractivity contribution >= 4 is 15.9 Å². The molecule has 0 aromatic carbocycles. The lowest BCUT2D eigenvalue weighted by molar-refractivity contribution is -0.0431. The van der Waals surface area contributed by atoms with Crippen molar-refractivity contribution in [3.63, 3.8) is 0 Å². The first-order chi connectivity index (χ1) is 6.37. The largest absolute Gasteiger partial charge is 0.377 e. The van der Waals surface area contributed by atoms with Crippen LogP contribution in [0.1, 0.15) is 40.0 Å². The molecule has 1 N–H and O–H groups in total. The summed E-state index contributed by atoms with van der Waals surface area (Å²) in [6, 6.07) is 0. The van der Waals surface area contributed by atoms with Gasteiger partial charge in [0.15, 0.2) is 0 Å². The van der Waals surface area contributed by atoms with Crippen LogP contribution in [0.15, 0.2) is 0 Å². The van der Waals surface area contributed by atoms with Crippen molar-refractivity contribution in [1.82, 2.24) is 0 Å². The van der Waals surface area contributed by atoms with E-state index in [1.807, 2.05) is 0 Å². The maximum absolute atomic E-state index is 10.6. The van der Waals surface area contributed by atoms with Crippen molar-refractivity contribution in [2.45, 2.75) is 45.6 Å². The Labute approximate surface area is 94.4 Å². The molecule has 0 aromatic rings. The van der Waals surface area contributed by atoms with Crippen molar-refractivity contribution in [2.24, 2.45) is 16.7 Å². The van der Waals surface area contributed by atoms with Crippen LogP contribution in [0.25, 0.3) is 0 Å². The van der Waals surface area contributed by atoms with Gasteiger partial charge >= 0.3 is 0 Å². The molecule has 2 aliphatic rings. The molecule has 0 spiro atoms. The minimum atomic E-state index is -0.775. The quantitative estimate of drug-likeness (QED) is 0.661. The van der Waals surface area contributed by atoms with E-state index in [-0.39, 0.29) is 10.8 Å². The Balaban J connectivity index is 2.48. The van der Waals surface area contributed by atoms with E-state index < -0.39 is 5.60 Å². The maximum Gasteiger partial charge on any atom is 0.132 e. The zero-order valence-corrected chi connectivity index (χ0v) is 10.6. The molecule has 1 unspecified atom stereocenters. The molecule has 0 radical (unpaired) electrons. The summed E-state index contributed by atoms with van der Waals surface area (Å²) in [5.41, 5.74) is -0.590. The van der Waals surface area contributed by atoms with Crippen molar-refractivity contribution in [3.05, 3.63) is 0 Å². The van der Waals surface area contributed by atoms with Gasteiger partial charge in [-0.1, -0.05) is 26.7 Å². The minimum Gasteiger partial charge on any atom is -0.377 e. The molecule has 78 valence electrons. The molecule has 3 atom stereocenters. The molecule has 2 saturated carbocycles. The third-order valence-corrected chi connectivity index (χ3v) is 5.34. The van der Waals surface area contributed by atoms with E-state index in [2.05, 4.69) is 47.5 Å². The Kier molecular flexibility index (Phi) is 2.08. The molecule has 2 bridgehead atoms. The Morgan fingerprint density at radius 3 is 2.36 bits per heavy atom. The summed E-state index contributed by atoms with van der Waals surface area (Å²) in [4.78, 5) is 2.71. The van der Waals surface area contributed by atoms with Crippen molar-refractivity contribution < 1.29 is 5.11 Å². The standard InChI is InChI=1S/C12H17BrO/c1-10(2)9-4-5-11(10,3)12(14,8-9)6-7-13/h9,14H,4-5,8H2,1-3H3/t9-,11-,12?/m0/s1. The number of hydrogen-bond acceptors (Lipinski definition) is 1. The van der Waals surface area contributed by atoms with Crippen LogP contribution in [0.4, 0.5) is 0 Å². The first-order valence-corrected chi connectivity index (χ1v) is 6.02. The van der Waals surface area contributed by atoms with Gasteiger partial charge in [-0.3, -0.25) is 0 Å². The molecular weight excluding hydrogens is 240 g/mol. The molecule has 1 nitrogen and oxygen atoms in total. The molecule has 0 amide bonds. The van der Waals surface area contributed by atoms with Crippen LogP contribution in [-0.4, -0.2) is 10.7 Å². The van der Waals surface area contributed by atoms with Crippen molar-refractivity contribution in [1.29, 1.82) is 0 Å². The Bertz CT molecular complexity index is 325. The van der Waals surface area contributed by atoms with E-state index in [1.165, 1.54) is 6.42 Å². The van der Waals surface area contributed by atoms with Crippen LogP contribution < -0.4 is 0 Å². The molecule has 14 heavy (non-hydrogen) atoms. The van der Waals surface area contributed by atoms with Gasteiger partial charge in [0.2, 0.25) is 0 Å². The molecule has 2 aliphatic carbocycles. The lowest BCUT2D eigenvalue weighted by Gasteiger charge is -2.42. The highest BCUT2D eigenvalue weighted by Gasteiger charge is 2.68. The van der Waals surface area contributed by atoms with Crippen LogP contribution in [-0.2, 0) is 0 Å². The average molecular weight is 257 g/mol. The third-order valence-electron chi connectivity index (χ3n) is 5.14. The summed E-state index contributed by atoms with van der Waals surface area (Å²) in [5.74, 6) is 3.60. The summed E-state index contributed by atoms with van der Waals surface area (Å²) in [7, 11) is 0. The second-order valence-electron chi connectivity index (χ2n) is 5.57. The molecule has 0 heterocycles. The lowest BCUT2D eigenvalue weighted by Crippen LogP contribution is -2.46. The average Bonchev–Trinajstić information content (AvgIpc) is 2.36. The predicted molar refractivity (Wildman–Crippen MR) is 60.9 cm³/mol. The summed E-state index contributed by atoms with van der Waals surface area (Å²) in [5, 5.41) is 10.6. The van der Waals surface area contributed by atoms with Crippen molar-refractivity contribution in [2.75, 3.05) is 0 Å². The first-order valence-electron chi connectivity index (χ1n) is 5.22. The van der Waals surface area contributed by atoms with Gasteiger partial charge in [-0.25, -0.2) is 0 Å². The molecule has 0 aliphatic heterocycles. The topological polar surface area (TPSA) is 20.2 Å². The third kappa shape index (κ3) is 0.955. The van der Waals surface area contributed by atoms with Gasteiger partial charge in [0.05, 0.1) is 0 Å². The molecule has 0 aromatic heterocycles. The zero-order valence-electron chi connectivity index (χ0n) is 9.02. The minimum absolute atomic E-state index is 0.0363. The molecule has 2 fully saturated rings. The number of hydrogen-bond donors (Lipinski definition) is 1.